The van der Waals surface area contributed by atoms with Crippen molar-refractivity contribution >= 4 is 5.69 Å². The number of furan rings is 1. The zero-order valence-corrected chi connectivity index (χ0v) is 11.3. The minimum atomic E-state index is -0.227. The summed E-state index contributed by atoms with van der Waals surface area (Å²) in [6, 6.07) is 8.70. The molecule has 0 aliphatic rings. The summed E-state index contributed by atoms with van der Waals surface area (Å²) in [7, 11) is 1.96. The molecule has 0 unspecified atom stereocenters. The first kappa shape index (κ1) is 13.6. The lowest BCUT2D eigenvalue weighted by atomic mass is 10.1. The van der Waals surface area contributed by atoms with E-state index in [0.717, 1.165) is 22.8 Å². The first-order chi connectivity index (χ1) is 9.10. The zero-order valence-electron chi connectivity index (χ0n) is 11.3. The second-order valence-corrected chi connectivity index (χ2v) is 4.68. The highest BCUT2D eigenvalue weighted by Gasteiger charge is 2.10. The number of benzene rings is 1. The van der Waals surface area contributed by atoms with Crippen LogP contribution in [-0.2, 0) is 13.0 Å². The van der Waals surface area contributed by atoms with Crippen LogP contribution in [0.3, 0.4) is 0 Å². The van der Waals surface area contributed by atoms with Gasteiger partial charge in [0, 0.05) is 12.7 Å². The van der Waals surface area contributed by atoms with Crippen LogP contribution in [0.4, 0.5) is 10.1 Å². The molecule has 1 heterocycles. The average Bonchev–Trinajstić information content (AvgIpc) is 2.75. The standard InChI is InChI=1S/C15H19FN2O/c1-11-3-5-14(19-11)10-18(2)15-6-4-13(16)9-12(15)7-8-17/h3-6,9H,7-8,10,17H2,1-2H3. The molecule has 0 saturated heterocycles. The van der Waals surface area contributed by atoms with Crippen LogP contribution in [0, 0.1) is 12.7 Å². The maximum atomic E-state index is 13.3. The molecule has 0 amide bonds. The predicted molar refractivity (Wildman–Crippen MR) is 74.7 cm³/mol. The minimum absolute atomic E-state index is 0.227. The van der Waals surface area contributed by atoms with Crippen molar-refractivity contribution in [1.82, 2.24) is 0 Å². The summed E-state index contributed by atoms with van der Waals surface area (Å²) < 4.78 is 18.8. The summed E-state index contributed by atoms with van der Waals surface area (Å²) in [6.45, 7) is 3.07. The second kappa shape index (κ2) is 5.89. The Labute approximate surface area is 112 Å². The van der Waals surface area contributed by atoms with Gasteiger partial charge in [0.05, 0.1) is 6.54 Å². The normalized spacial score (nSPS) is 10.7. The third kappa shape index (κ3) is 3.35. The fraction of sp³-hybridized carbons (Fsp3) is 0.333. The molecule has 0 spiro atoms. The van der Waals surface area contributed by atoms with Crippen molar-refractivity contribution in [2.24, 2.45) is 5.73 Å². The summed E-state index contributed by atoms with van der Waals surface area (Å²) >= 11 is 0. The number of hydrogen-bond donors (Lipinski definition) is 1. The van der Waals surface area contributed by atoms with E-state index in [4.69, 9.17) is 10.2 Å². The van der Waals surface area contributed by atoms with Crippen LogP contribution in [0.5, 0.6) is 0 Å². The van der Waals surface area contributed by atoms with Gasteiger partial charge in [-0.25, -0.2) is 4.39 Å². The summed E-state index contributed by atoms with van der Waals surface area (Å²) in [5.41, 5.74) is 7.49. The van der Waals surface area contributed by atoms with Crippen molar-refractivity contribution in [1.29, 1.82) is 0 Å². The van der Waals surface area contributed by atoms with Gasteiger partial charge in [0.2, 0.25) is 0 Å². The van der Waals surface area contributed by atoms with Gasteiger partial charge in [-0.2, -0.15) is 0 Å². The SMILES string of the molecule is Cc1ccc(CN(C)c2ccc(F)cc2CCN)o1. The van der Waals surface area contributed by atoms with Gasteiger partial charge in [0.25, 0.3) is 0 Å². The van der Waals surface area contributed by atoms with Gasteiger partial charge in [-0.1, -0.05) is 0 Å². The van der Waals surface area contributed by atoms with E-state index in [1.54, 1.807) is 12.1 Å². The molecule has 0 fully saturated rings. The zero-order chi connectivity index (χ0) is 13.8. The molecule has 102 valence electrons. The molecule has 2 N–H and O–H groups in total. The van der Waals surface area contributed by atoms with E-state index in [2.05, 4.69) is 0 Å². The molecular weight excluding hydrogens is 243 g/mol. The average molecular weight is 262 g/mol. The summed E-state index contributed by atoms with van der Waals surface area (Å²) in [5, 5.41) is 0. The van der Waals surface area contributed by atoms with Crippen molar-refractivity contribution in [2.75, 3.05) is 18.5 Å². The van der Waals surface area contributed by atoms with E-state index < -0.39 is 0 Å². The van der Waals surface area contributed by atoms with Crippen LogP contribution in [0.2, 0.25) is 0 Å². The number of halogens is 1. The van der Waals surface area contributed by atoms with Gasteiger partial charge < -0.3 is 15.1 Å². The molecule has 1 aromatic carbocycles. The van der Waals surface area contributed by atoms with Gasteiger partial charge in [0.15, 0.2) is 0 Å². The molecule has 2 rings (SSSR count). The highest BCUT2D eigenvalue weighted by atomic mass is 19.1. The number of rotatable bonds is 5. The Morgan fingerprint density at radius 3 is 2.68 bits per heavy atom. The molecule has 0 radical (unpaired) electrons. The number of hydrogen-bond acceptors (Lipinski definition) is 3. The Hall–Kier alpha value is -1.81. The minimum Gasteiger partial charge on any atom is -0.464 e. The smallest absolute Gasteiger partial charge is 0.123 e. The lowest BCUT2D eigenvalue weighted by Gasteiger charge is -2.21. The molecule has 1 aromatic heterocycles. The number of aryl methyl sites for hydroxylation is 1. The second-order valence-electron chi connectivity index (χ2n) is 4.68. The van der Waals surface area contributed by atoms with Crippen LogP contribution in [-0.4, -0.2) is 13.6 Å². The summed E-state index contributed by atoms with van der Waals surface area (Å²) in [6.07, 6.45) is 0.661. The first-order valence-electron chi connectivity index (χ1n) is 6.35. The van der Waals surface area contributed by atoms with Crippen LogP contribution < -0.4 is 10.6 Å². The van der Waals surface area contributed by atoms with Crippen LogP contribution in [0.25, 0.3) is 0 Å². The highest BCUT2D eigenvalue weighted by Crippen LogP contribution is 2.23. The lowest BCUT2D eigenvalue weighted by molar-refractivity contribution is 0.481. The van der Waals surface area contributed by atoms with E-state index in [1.807, 2.05) is 31.0 Å². The number of anilines is 1. The topological polar surface area (TPSA) is 42.4 Å². The Kier molecular flexibility index (Phi) is 4.22. The highest BCUT2D eigenvalue weighted by molar-refractivity contribution is 5.53. The third-order valence-corrected chi connectivity index (χ3v) is 3.06. The van der Waals surface area contributed by atoms with Crippen molar-refractivity contribution in [2.45, 2.75) is 19.9 Å². The molecule has 0 aliphatic heterocycles. The van der Waals surface area contributed by atoms with Crippen molar-refractivity contribution in [3.8, 4) is 0 Å². The molecule has 3 nitrogen and oxygen atoms in total. The molecule has 0 bridgehead atoms. The van der Waals surface area contributed by atoms with Gasteiger partial charge in [-0.15, -0.1) is 0 Å². The third-order valence-electron chi connectivity index (χ3n) is 3.06. The van der Waals surface area contributed by atoms with Crippen LogP contribution in [0.1, 0.15) is 17.1 Å². The monoisotopic (exact) mass is 262 g/mol. The maximum Gasteiger partial charge on any atom is 0.123 e. The van der Waals surface area contributed by atoms with Gasteiger partial charge in [-0.3, -0.25) is 0 Å². The van der Waals surface area contributed by atoms with E-state index >= 15 is 0 Å². The van der Waals surface area contributed by atoms with Crippen molar-refractivity contribution in [3.63, 3.8) is 0 Å². The van der Waals surface area contributed by atoms with Crippen LogP contribution >= 0.6 is 0 Å². The first-order valence-corrected chi connectivity index (χ1v) is 6.35. The quantitative estimate of drug-likeness (QED) is 0.901. The van der Waals surface area contributed by atoms with E-state index in [9.17, 15) is 4.39 Å². The molecule has 4 heteroatoms. The van der Waals surface area contributed by atoms with Crippen molar-refractivity contribution < 1.29 is 8.81 Å². The Bertz CT molecular complexity index is 551. The maximum absolute atomic E-state index is 13.3. The lowest BCUT2D eigenvalue weighted by Crippen LogP contribution is -2.18. The van der Waals surface area contributed by atoms with E-state index in [1.165, 1.54) is 6.07 Å². The Morgan fingerprint density at radius 2 is 2.05 bits per heavy atom. The van der Waals surface area contributed by atoms with Gasteiger partial charge in [0.1, 0.15) is 17.3 Å². The number of nitrogens with zero attached hydrogens (tertiary/aromatic N) is 1. The largest absolute Gasteiger partial charge is 0.464 e. The fourth-order valence-electron chi connectivity index (χ4n) is 2.17. The van der Waals surface area contributed by atoms with E-state index in [0.29, 0.717) is 19.5 Å². The predicted octanol–water partition coefficient (Wildman–Crippen LogP) is 2.86. The summed E-state index contributed by atoms with van der Waals surface area (Å²) in [4.78, 5) is 2.04. The molecule has 19 heavy (non-hydrogen) atoms. The summed E-state index contributed by atoms with van der Waals surface area (Å²) in [5.74, 6) is 1.56. The Balaban J connectivity index is 2.20. The Morgan fingerprint density at radius 1 is 1.26 bits per heavy atom. The molecular formula is C15H19FN2O. The van der Waals surface area contributed by atoms with Crippen molar-refractivity contribution in [3.05, 3.63) is 53.2 Å². The van der Waals surface area contributed by atoms with Crippen LogP contribution in [0.15, 0.2) is 34.7 Å². The van der Waals surface area contributed by atoms with Gasteiger partial charge in [-0.05, 0) is 55.8 Å². The van der Waals surface area contributed by atoms with Gasteiger partial charge >= 0.3 is 0 Å². The number of nitrogens with two attached hydrogens (primary N) is 1. The fourth-order valence-corrected chi connectivity index (χ4v) is 2.17. The molecule has 0 aliphatic carbocycles. The molecule has 0 saturated carbocycles. The molecule has 0 atom stereocenters. The van der Waals surface area contributed by atoms with E-state index in [-0.39, 0.29) is 5.82 Å². The molecule has 2 aromatic rings.